The number of hydrogen-bond acceptors (Lipinski definition) is 7. The first-order valence-electron chi connectivity index (χ1n) is 12.8. The van der Waals surface area contributed by atoms with Gasteiger partial charge < -0.3 is 29.0 Å². The predicted octanol–water partition coefficient (Wildman–Crippen LogP) is 5.12. The van der Waals surface area contributed by atoms with Crippen LogP contribution in [0.5, 0.6) is 17.2 Å². The van der Waals surface area contributed by atoms with Crippen LogP contribution in [0.3, 0.4) is 0 Å². The van der Waals surface area contributed by atoms with Crippen LogP contribution < -0.4 is 14.2 Å². The lowest BCUT2D eigenvalue weighted by Gasteiger charge is -2.25. The van der Waals surface area contributed by atoms with Gasteiger partial charge in [0.25, 0.3) is 11.7 Å². The SMILES string of the molecule is CCCCOc1cccc(/C(O)=C2\C(=O)C(=O)N(CCOC)C2c2ccc(OCCCC)c(OC)c2)c1. The standard InChI is InChI=1S/C29H37NO7/c1-5-7-15-36-22-11-9-10-21(18-22)27(31)25-26(30(14-17-34-3)29(33)28(25)32)20-12-13-23(24(19-20)35-4)37-16-8-6-2/h9-13,18-19,26,31H,5-8,14-17H2,1-4H3/b27-25+. The van der Waals surface area contributed by atoms with Crippen LogP contribution in [0.2, 0.25) is 0 Å². The number of benzene rings is 2. The molecule has 1 amide bonds. The van der Waals surface area contributed by atoms with Crippen LogP contribution in [0.4, 0.5) is 0 Å². The van der Waals surface area contributed by atoms with Crippen LogP contribution in [-0.4, -0.2) is 62.3 Å². The van der Waals surface area contributed by atoms with E-state index in [2.05, 4.69) is 13.8 Å². The Labute approximate surface area is 218 Å². The van der Waals surface area contributed by atoms with Gasteiger partial charge in [-0.1, -0.05) is 44.9 Å². The van der Waals surface area contributed by atoms with Gasteiger partial charge in [-0.15, -0.1) is 0 Å². The Bertz CT molecular complexity index is 1110. The topological polar surface area (TPSA) is 94.5 Å². The maximum absolute atomic E-state index is 13.2. The number of methoxy groups -OCH3 is 2. The molecule has 0 radical (unpaired) electrons. The van der Waals surface area contributed by atoms with Crippen LogP contribution in [0, 0.1) is 0 Å². The van der Waals surface area contributed by atoms with Crippen molar-refractivity contribution in [3.8, 4) is 17.2 Å². The Morgan fingerprint density at radius 1 is 0.919 bits per heavy atom. The number of hydrogen-bond donors (Lipinski definition) is 1. The Kier molecular flexibility index (Phi) is 10.4. The lowest BCUT2D eigenvalue weighted by atomic mass is 9.95. The third-order valence-corrected chi connectivity index (χ3v) is 6.21. The Morgan fingerprint density at radius 2 is 1.65 bits per heavy atom. The fraction of sp³-hybridized carbons (Fsp3) is 0.448. The van der Waals surface area contributed by atoms with Gasteiger partial charge in [-0.2, -0.15) is 0 Å². The number of ether oxygens (including phenoxy) is 4. The van der Waals surface area contributed by atoms with Crippen molar-refractivity contribution in [2.75, 3.05) is 40.6 Å². The van der Waals surface area contributed by atoms with Gasteiger partial charge in [0.15, 0.2) is 11.5 Å². The van der Waals surface area contributed by atoms with E-state index in [4.69, 9.17) is 18.9 Å². The zero-order valence-corrected chi connectivity index (χ0v) is 22.1. The second-order valence-electron chi connectivity index (χ2n) is 8.83. The molecule has 1 atom stereocenters. The summed E-state index contributed by atoms with van der Waals surface area (Å²) in [5.41, 5.74) is 1.02. The smallest absolute Gasteiger partial charge is 0.295 e. The van der Waals surface area contributed by atoms with E-state index < -0.39 is 17.7 Å². The van der Waals surface area contributed by atoms with Crippen molar-refractivity contribution in [1.82, 2.24) is 4.90 Å². The second-order valence-corrected chi connectivity index (χ2v) is 8.83. The van der Waals surface area contributed by atoms with Crippen molar-refractivity contribution in [1.29, 1.82) is 0 Å². The number of nitrogens with zero attached hydrogens (tertiary/aromatic N) is 1. The largest absolute Gasteiger partial charge is 0.507 e. The summed E-state index contributed by atoms with van der Waals surface area (Å²) >= 11 is 0. The molecule has 2 aromatic rings. The molecule has 8 nitrogen and oxygen atoms in total. The van der Waals surface area contributed by atoms with Crippen molar-refractivity contribution < 1.29 is 33.6 Å². The lowest BCUT2D eigenvalue weighted by Crippen LogP contribution is -2.32. The van der Waals surface area contributed by atoms with Crippen molar-refractivity contribution in [2.45, 2.75) is 45.6 Å². The van der Waals surface area contributed by atoms with Crippen LogP contribution in [0.15, 0.2) is 48.0 Å². The number of Topliss-reactive ketones (excluding diaryl/α,β-unsaturated/α-hetero) is 1. The molecule has 0 aliphatic carbocycles. The number of ketones is 1. The molecule has 1 aliphatic rings. The molecular formula is C29H37NO7. The molecule has 37 heavy (non-hydrogen) atoms. The summed E-state index contributed by atoms with van der Waals surface area (Å²) in [6.07, 6.45) is 3.81. The number of rotatable bonds is 14. The van der Waals surface area contributed by atoms with Crippen molar-refractivity contribution >= 4 is 17.4 Å². The highest BCUT2D eigenvalue weighted by Gasteiger charge is 2.46. The highest BCUT2D eigenvalue weighted by atomic mass is 16.5. The summed E-state index contributed by atoms with van der Waals surface area (Å²) in [5, 5.41) is 11.3. The van der Waals surface area contributed by atoms with E-state index in [1.807, 2.05) is 0 Å². The average Bonchev–Trinajstić information content (AvgIpc) is 3.17. The molecule has 1 fully saturated rings. The fourth-order valence-electron chi connectivity index (χ4n) is 4.17. The Balaban J connectivity index is 2.06. The van der Waals surface area contributed by atoms with E-state index in [-0.39, 0.29) is 24.5 Å². The van der Waals surface area contributed by atoms with Crippen molar-refractivity contribution in [3.63, 3.8) is 0 Å². The van der Waals surface area contributed by atoms with Crippen molar-refractivity contribution in [3.05, 3.63) is 59.2 Å². The van der Waals surface area contributed by atoms with E-state index in [9.17, 15) is 14.7 Å². The molecule has 0 aromatic heterocycles. The first kappa shape index (κ1) is 28.1. The maximum Gasteiger partial charge on any atom is 0.295 e. The normalized spacial score (nSPS) is 16.8. The van der Waals surface area contributed by atoms with E-state index in [0.29, 0.717) is 41.6 Å². The number of carbonyl (C=O) groups excluding carboxylic acids is 2. The number of aliphatic hydroxyl groups excluding tert-OH is 1. The van der Waals surface area contributed by atoms with Gasteiger partial charge in [0.1, 0.15) is 11.5 Å². The number of carbonyl (C=O) groups is 2. The third kappa shape index (κ3) is 6.63. The molecule has 200 valence electrons. The van der Waals surface area contributed by atoms with Gasteiger partial charge >= 0.3 is 0 Å². The number of likely N-dealkylation sites (tertiary alicyclic amines) is 1. The molecule has 0 bridgehead atoms. The molecule has 1 saturated heterocycles. The minimum Gasteiger partial charge on any atom is -0.507 e. The molecular weight excluding hydrogens is 474 g/mol. The summed E-state index contributed by atoms with van der Waals surface area (Å²) in [6, 6.07) is 11.4. The molecule has 1 N–H and O–H groups in total. The fourth-order valence-corrected chi connectivity index (χ4v) is 4.17. The molecule has 2 aromatic carbocycles. The Morgan fingerprint density at radius 3 is 2.32 bits per heavy atom. The molecule has 3 rings (SSSR count). The molecule has 0 saturated carbocycles. The lowest BCUT2D eigenvalue weighted by molar-refractivity contribution is -0.140. The van der Waals surface area contributed by atoms with Gasteiger partial charge in [-0.25, -0.2) is 0 Å². The second kappa shape index (κ2) is 13.7. The minimum atomic E-state index is -0.821. The highest BCUT2D eigenvalue weighted by Crippen LogP contribution is 2.42. The van der Waals surface area contributed by atoms with Crippen LogP contribution in [0.25, 0.3) is 5.76 Å². The van der Waals surface area contributed by atoms with Gasteiger partial charge in [0, 0.05) is 19.2 Å². The first-order valence-corrected chi connectivity index (χ1v) is 12.8. The van der Waals surface area contributed by atoms with Gasteiger partial charge in [0.05, 0.1) is 38.5 Å². The zero-order valence-electron chi connectivity index (χ0n) is 22.1. The maximum atomic E-state index is 13.2. The molecule has 1 aliphatic heterocycles. The first-order chi connectivity index (χ1) is 18.0. The highest BCUT2D eigenvalue weighted by molar-refractivity contribution is 6.46. The summed E-state index contributed by atoms with van der Waals surface area (Å²) in [4.78, 5) is 27.7. The average molecular weight is 512 g/mol. The third-order valence-electron chi connectivity index (χ3n) is 6.21. The molecule has 0 spiro atoms. The van der Waals surface area contributed by atoms with Gasteiger partial charge in [-0.05, 0) is 42.7 Å². The van der Waals surface area contributed by atoms with Crippen LogP contribution in [-0.2, 0) is 14.3 Å². The van der Waals surface area contributed by atoms with E-state index in [0.717, 1.165) is 25.7 Å². The minimum absolute atomic E-state index is 0.00788. The summed E-state index contributed by atoms with van der Waals surface area (Å²) < 4.78 is 22.4. The molecule has 8 heteroatoms. The van der Waals surface area contributed by atoms with E-state index >= 15 is 0 Å². The quantitative estimate of drug-likeness (QED) is 0.163. The number of unbranched alkanes of at least 4 members (excludes halogenated alkanes) is 2. The molecule has 1 unspecified atom stereocenters. The zero-order chi connectivity index (χ0) is 26.8. The van der Waals surface area contributed by atoms with Gasteiger partial charge in [-0.3, -0.25) is 9.59 Å². The number of aliphatic hydroxyl groups is 1. The summed E-state index contributed by atoms with van der Waals surface area (Å²) in [7, 11) is 3.07. The van der Waals surface area contributed by atoms with E-state index in [1.165, 1.54) is 19.1 Å². The van der Waals surface area contributed by atoms with Gasteiger partial charge in [0.2, 0.25) is 0 Å². The summed E-state index contributed by atoms with van der Waals surface area (Å²) in [6.45, 7) is 5.68. The Hall–Kier alpha value is -3.52. The predicted molar refractivity (Wildman–Crippen MR) is 141 cm³/mol. The van der Waals surface area contributed by atoms with Crippen LogP contribution in [0.1, 0.15) is 56.7 Å². The van der Waals surface area contributed by atoms with Crippen molar-refractivity contribution in [2.24, 2.45) is 0 Å². The monoisotopic (exact) mass is 511 g/mol. The number of amides is 1. The van der Waals surface area contributed by atoms with E-state index in [1.54, 1.807) is 42.5 Å². The molecule has 1 heterocycles. The summed E-state index contributed by atoms with van der Waals surface area (Å²) in [5.74, 6) is -0.0635. The van der Waals surface area contributed by atoms with Crippen LogP contribution >= 0.6 is 0 Å².